The standard InChI is InChI=1S/C22H24N2O3/c1-15-8-9-19-21-17(15)10-11-24(2)13-18(21)20(27-19)12-23-22(25)26-14-16-6-4-3-5-7-16/h3-9H,10-14H2,1-2H3,(H,23,25). The molecule has 5 heteroatoms. The molecule has 1 aromatic heterocycles. The van der Waals surface area contributed by atoms with Gasteiger partial charge in [0, 0.05) is 24.0 Å². The van der Waals surface area contributed by atoms with Crippen molar-refractivity contribution in [2.45, 2.75) is 33.0 Å². The molecule has 0 radical (unpaired) electrons. The van der Waals surface area contributed by atoms with Gasteiger partial charge in [-0.3, -0.25) is 0 Å². The lowest BCUT2D eigenvalue weighted by Gasteiger charge is -2.14. The fraction of sp³-hybridized carbons (Fsp3) is 0.318. The number of furan rings is 1. The summed E-state index contributed by atoms with van der Waals surface area (Å²) in [4.78, 5) is 14.4. The molecule has 0 aliphatic carbocycles. The highest BCUT2D eigenvalue weighted by molar-refractivity contribution is 5.87. The van der Waals surface area contributed by atoms with Crippen LogP contribution in [0, 0.1) is 6.92 Å². The van der Waals surface area contributed by atoms with Gasteiger partial charge in [-0.1, -0.05) is 36.4 Å². The van der Waals surface area contributed by atoms with E-state index in [9.17, 15) is 4.79 Å². The monoisotopic (exact) mass is 364 g/mol. The van der Waals surface area contributed by atoms with Crippen molar-refractivity contribution in [1.82, 2.24) is 10.2 Å². The first-order valence-corrected chi connectivity index (χ1v) is 9.27. The maximum absolute atomic E-state index is 12.1. The average molecular weight is 364 g/mol. The number of hydrogen-bond donors (Lipinski definition) is 1. The summed E-state index contributed by atoms with van der Waals surface area (Å²) in [6.45, 7) is 4.56. The zero-order valence-corrected chi connectivity index (χ0v) is 15.7. The third-order valence-electron chi connectivity index (χ3n) is 5.16. The van der Waals surface area contributed by atoms with Crippen molar-refractivity contribution < 1.29 is 13.9 Å². The van der Waals surface area contributed by atoms with E-state index in [1.54, 1.807) is 0 Å². The highest BCUT2D eigenvalue weighted by atomic mass is 16.5. The van der Waals surface area contributed by atoms with Crippen LogP contribution in [0.2, 0.25) is 0 Å². The quantitative estimate of drug-likeness (QED) is 0.755. The normalized spacial score (nSPS) is 14.1. The number of alkyl carbamates (subject to hydrolysis) is 1. The van der Waals surface area contributed by atoms with Crippen LogP contribution in [0.15, 0.2) is 46.9 Å². The maximum atomic E-state index is 12.1. The second-order valence-electron chi connectivity index (χ2n) is 7.14. The van der Waals surface area contributed by atoms with E-state index < -0.39 is 6.09 Å². The second-order valence-corrected chi connectivity index (χ2v) is 7.14. The van der Waals surface area contributed by atoms with Gasteiger partial charge in [0.2, 0.25) is 0 Å². The van der Waals surface area contributed by atoms with Crippen LogP contribution in [-0.2, 0) is 30.9 Å². The number of aryl methyl sites for hydroxylation is 1. The number of amides is 1. The van der Waals surface area contributed by atoms with Crippen molar-refractivity contribution in [2.75, 3.05) is 13.6 Å². The Kier molecular flexibility index (Phi) is 4.86. The number of ether oxygens (including phenoxy) is 1. The second kappa shape index (κ2) is 7.45. The van der Waals surface area contributed by atoms with Gasteiger partial charge in [0.05, 0.1) is 6.54 Å². The summed E-state index contributed by atoms with van der Waals surface area (Å²) in [5.41, 5.74) is 5.68. The Balaban J connectivity index is 1.50. The Morgan fingerprint density at radius 3 is 2.81 bits per heavy atom. The number of nitrogens with one attached hydrogen (secondary N) is 1. The predicted octanol–water partition coefficient (Wildman–Crippen LogP) is 4.16. The number of benzene rings is 2. The van der Waals surface area contributed by atoms with Crippen LogP contribution in [0.3, 0.4) is 0 Å². The first-order valence-electron chi connectivity index (χ1n) is 9.27. The fourth-order valence-electron chi connectivity index (χ4n) is 3.69. The Labute approximate surface area is 158 Å². The number of carbonyl (C=O) groups is 1. The van der Waals surface area contributed by atoms with Crippen molar-refractivity contribution in [3.8, 4) is 0 Å². The molecule has 0 bridgehead atoms. The van der Waals surface area contributed by atoms with Gasteiger partial charge in [0.15, 0.2) is 0 Å². The SMILES string of the molecule is Cc1ccc2oc(CNC(=O)OCc3ccccc3)c3c2c1CCN(C)C3. The van der Waals surface area contributed by atoms with Crippen molar-refractivity contribution in [3.63, 3.8) is 0 Å². The summed E-state index contributed by atoms with van der Waals surface area (Å²) in [7, 11) is 2.12. The van der Waals surface area contributed by atoms with Gasteiger partial charge in [0.1, 0.15) is 18.0 Å². The number of hydrogen-bond acceptors (Lipinski definition) is 4. The maximum Gasteiger partial charge on any atom is 0.407 e. The van der Waals surface area contributed by atoms with E-state index in [1.807, 2.05) is 36.4 Å². The van der Waals surface area contributed by atoms with Crippen LogP contribution < -0.4 is 5.32 Å². The summed E-state index contributed by atoms with van der Waals surface area (Å²) >= 11 is 0. The molecule has 2 aromatic carbocycles. The summed E-state index contributed by atoms with van der Waals surface area (Å²) in [5, 5.41) is 4.04. The van der Waals surface area contributed by atoms with Crippen LogP contribution in [0.4, 0.5) is 4.79 Å². The summed E-state index contributed by atoms with van der Waals surface area (Å²) in [5.74, 6) is 0.808. The third-order valence-corrected chi connectivity index (χ3v) is 5.16. The van der Waals surface area contributed by atoms with E-state index >= 15 is 0 Å². The van der Waals surface area contributed by atoms with Gasteiger partial charge in [0.25, 0.3) is 0 Å². The van der Waals surface area contributed by atoms with Gasteiger partial charge >= 0.3 is 6.09 Å². The molecule has 1 N–H and O–H groups in total. The smallest absolute Gasteiger partial charge is 0.407 e. The number of rotatable bonds is 4. The summed E-state index contributed by atoms with van der Waals surface area (Å²) in [6, 6.07) is 13.8. The number of likely N-dealkylation sites (N-methyl/N-ethyl adjacent to an activating group) is 1. The van der Waals surface area contributed by atoms with Gasteiger partial charge in [-0.25, -0.2) is 4.79 Å². The molecule has 1 aliphatic heterocycles. The zero-order chi connectivity index (χ0) is 18.8. The first kappa shape index (κ1) is 17.6. The molecule has 0 saturated heterocycles. The van der Waals surface area contributed by atoms with E-state index in [-0.39, 0.29) is 6.61 Å². The van der Waals surface area contributed by atoms with Crippen LogP contribution in [0.1, 0.15) is 28.0 Å². The Morgan fingerprint density at radius 2 is 2.00 bits per heavy atom. The lowest BCUT2D eigenvalue weighted by Crippen LogP contribution is -2.24. The molecular weight excluding hydrogens is 340 g/mol. The highest BCUT2D eigenvalue weighted by Crippen LogP contribution is 2.34. The molecule has 0 atom stereocenters. The molecule has 5 nitrogen and oxygen atoms in total. The van der Waals surface area contributed by atoms with E-state index in [0.717, 1.165) is 36.4 Å². The van der Waals surface area contributed by atoms with Crippen molar-refractivity contribution in [3.05, 3.63) is 70.5 Å². The lowest BCUT2D eigenvalue weighted by atomic mass is 9.99. The molecule has 4 rings (SSSR count). The molecule has 3 aromatic rings. The largest absolute Gasteiger partial charge is 0.459 e. The van der Waals surface area contributed by atoms with E-state index in [0.29, 0.717) is 6.54 Å². The molecule has 2 heterocycles. The fourth-order valence-corrected chi connectivity index (χ4v) is 3.69. The molecule has 0 spiro atoms. The van der Waals surface area contributed by atoms with Crippen LogP contribution >= 0.6 is 0 Å². The Hall–Kier alpha value is -2.79. The molecule has 27 heavy (non-hydrogen) atoms. The van der Waals surface area contributed by atoms with Gasteiger partial charge in [-0.2, -0.15) is 0 Å². The number of nitrogens with zero attached hydrogens (tertiary/aromatic N) is 1. The molecule has 0 saturated carbocycles. The van der Waals surface area contributed by atoms with Crippen LogP contribution in [0.25, 0.3) is 11.0 Å². The van der Waals surface area contributed by atoms with Crippen molar-refractivity contribution >= 4 is 17.1 Å². The highest BCUT2D eigenvalue weighted by Gasteiger charge is 2.23. The van der Waals surface area contributed by atoms with Crippen LogP contribution in [-0.4, -0.2) is 24.6 Å². The molecular formula is C22H24N2O3. The lowest BCUT2D eigenvalue weighted by molar-refractivity contribution is 0.138. The summed E-state index contributed by atoms with van der Waals surface area (Å²) in [6.07, 6.45) is 0.572. The molecule has 1 aliphatic rings. The van der Waals surface area contributed by atoms with E-state index in [2.05, 4.69) is 30.3 Å². The van der Waals surface area contributed by atoms with E-state index in [4.69, 9.17) is 9.15 Å². The minimum absolute atomic E-state index is 0.256. The van der Waals surface area contributed by atoms with Crippen molar-refractivity contribution in [1.29, 1.82) is 0 Å². The van der Waals surface area contributed by atoms with E-state index in [1.165, 1.54) is 22.1 Å². The topological polar surface area (TPSA) is 54.7 Å². The molecule has 1 amide bonds. The minimum Gasteiger partial charge on any atom is -0.459 e. The molecule has 0 fully saturated rings. The summed E-state index contributed by atoms with van der Waals surface area (Å²) < 4.78 is 11.4. The van der Waals surface area contributed by atoms with Gasteiger partial charge < -0.3 is 19.4 Å². The third kappa shape index (κ3) is 3.69. The first-order chi connectivity index (χ1) is 13.1. The number of carbonyl (C=O) groups excluding carboxylic acids is 1. The minimum atomic E-state index is -0.440. The predicted molar refractivity (Wildman–Crippen MR) is 104 cm³/mol. The molecule has 140 valence electrons. The zero-order valence-electron chi connectivity index (χ0n) is 15.7. The Morgan fingerprint density at radius 1 is 1.19 bits per heavy atom. The van der Waals surface area contributed by atoms with Gasteiger partial charge in [-0.15, -0.1) is 0 Å². The van der Waals surface area contributed by atoms with Gasteiger partial charge in [-0.05, 0) is 43.1 Å². The Bertz CT molecular complexity index is 963. The molecule has 0 unspecified atom stereocenters. The van der Waals surface area contributed by atoms with Crippen LogP contribution in [0.5, 0.6) is 0 Å². The van der Waals surface area contributed by atoms with Crippen molar-refractivity contribution in [2.24, 2.45) is 0 Å². The average Bonchev–Trinajstić information content (AvgIpc) is 2.91.